The largest absolute Gasteiger partial charge is 0.426 e. The van der Waals surface area contributed by atoms with Gasteiger partial charge in [0.15, 0.2) is 0 Å². The molecule has 0 fully saturated rings. The van der Waals surface area contributed by atoms with Crippen LogP contribution in [0.4, 0.5) is 0 Å². The van der Waals surface area contributed by atoms with Gasteiger partial charge in [0.25, 0.3) is 5.91 Å². The van der Waals surface area contributed by atoms with Crippen LogP contribution in [-0.4, -0.2) is 18.4 Å². The van der Waals surface area contributed by atoms with Crippen LogP contribution >= 0.6 is 0 Å². The lowest BCUT2D eigenvalue weighted by atomic mass is 9.91. The number of rotatable bonds is 7. The van der Waals surface area contributed by atoms with Gasteiger partial charge >= 0.3 is 11.6 Å². The lowest BCUT2D eigenvalue weighted by Gasteiger charge is -2.17. The third kappa shape index (κ3) is 5.23. The monoisotopic (exact) mass is 455 g/mol. The molecular formula is C28H25NO5. The number of carbonyl (C=O) groups excluding carboxylic acids is 2. The summed E-state index contributed by atoms with van der Waals surface area (Å²) in [6.45, 7) is 4.38. The molecule has 0 saturated heterocycles. The molecule has 0 bridgehead atoms. The quantitative estimate of drug-likeness (QED) is 0.243. The molecule has 1 aromatic heterocycles. The summed E-state index contributed by atoms with van der Waals surface area (Å²) in [4.78, 5) is 37.9. The highest BCUT2D eigenvalue weighted by Crippen LogP contribution is 2.28. The predicted octanol–water partition coefficient (Wildman–Crippen LogP) is 4.92. The number of nitrogens with one attached hydrogen (secondary N) is 1. The van der Waals surface area contributed by atoms with E-state index in [0.717, 1.165) is 11.1 Å². The number of hydrogen-bond acceptors (Lipinski definition) is 5. The first-order chi connectivity index (χ1) is 16.4. The molecule has 1 heterocycles. The highest BCUT2D eigenvalue weighted by Gasteiger charge is 2.25. The molecule has 34 heavy (non-hydrogen) atoms. The van der Waals surface area contributed by atoms with E-state index in [9.17, 15) is 14.4 Å². The van der Waals surface area contributed by atoms with Crippen molar-refractivity contribution in [2.24, 2.45) is 5.92 Å². The van der Waals surface area contributed by atoms with Crippen molar-refractivity contribution in [1.82, 2.24) is 5.32 Å². The van der Waals surface area contributed by atoms with Gasteiger partial charge in [-0.05, 0) is 35.2 Å². The van der Waals surface area contributed by atoms with Crippen molar-refractivity contribution in [2.75, 3.05) is 6.54 Å². The van der Waals surface area contributed by atoms with Crippen molar-refractivity contribution < 1.29 is 18.7 Å². The van der Waals surface area contributed by atoms with E-state index in [-0.39, 0.29) is 22.8 Å². The molecule has 3 aromatic carbocycles. The van der Waals surface area contributed by atoms with Gasteiger partial charge in [-0.25, -0.2) is 4.79 Å². The minimum Gasteiger partial charge on any atom is -0.426 e. The van der Waals surface area contributed by atoms with Crippen LogP contribution < -0.4 is 15.7 Å². The fraction of sp³-hybridized carbons (Fsp3) is 0.179. The molecule has 4 aromatic rings. The second-order valence-electron chi connectivity index (χ2n) is 8.43. The van der Waals surface area contributed by atoms with E-state index in [4.69, 9.17) is 9.15 Å². The minimum absolute atomic E-state index is 0.0638. The van der Waals surface area contributed by atoms with E-state index in [1.54, 1.807) is 12.1 Å². The van der Waals surface area contributed by atoms with Crippen LogP contribution in [0.15, 0.2) is 94.1 Å². The Labute approximate surface area is 197 Å². The van der Waals surface area contributed by atoms with Crippen LogP contribution in [0.3, 0.4) is 0 Å². The molecule has 0 aliphatic rings. The number of carbonyl (C=O) groups is 2. The molecule has 0 aliphatic carbocycles. The summed E-state index contributed by atoms with van der Waals surface area (Å²) >= 11 is 0. The van der Waals surface area contributed by atoms with Gasteiger partial charge in [-0.15, -0.1) is 0 Å². The Balaban J connectivity index is 1.61. The molecule has 0 saturated carbocycles. The van der Waals surface area contributed by atoms with Crippen LogP contribution in [-0.2, 0) is 4.79 Å². The Morgan fingerprint density at radius 2 is 1.50 bits per heavy atom. The summed E-state index contributed by atoms with van der Waals surface area (Å²) in [5.41, 5.74) is 1.03. The molecule has 0 radical (unpaired) electrons. The van der Waals surface area contributed by atoms with Crippen molar-refractivity contribution in [3.63, 3.8) is 0 Å². The number of amides is 1. The highest BCUT2D eigenvalue weighted by molar-refractivity contribution is 5.96. The van der Waals surface area contributed by atoms with Gasteiger partial charge in [-0.3, -0.25) is 9.59 Å². The summed E-state index contributed by atoms with van der Waals surface area (Å²) in [5.74, 6) is -1.05. The molecule has 6 heteroatoms. The minimum atomic E-state index is -0.747. The van der Waals surface area contributed by atoms with Crippen molar-refractivity contribution >= 4 is 22.8 Å². The molecule has 0 atom stereocenters. The van der Waals surface area contributed by atoms with Crippen molar-refractivity contribution in [2.45, 2.75) is 19.8 Å². The topological polar surface area (TPSA) is 85.6 Å². The smallest absolute Gasteiger partial charge is 0.349 e. The third-order valence-corrected chi connectivity index (χ3v) is 5.34. The predicted molar refractivity (Wildman–Crippen MR) is 130 cm³/mol. The second kappa shape index (κ2) is 10.2. The lowest BCUT2D eigenvalue weighted by Crippen LogP contribution is -2.31. The van der Waals surface area contributed by atoms with Crippen LogP contribution in [0, 0.1) is 5.92 Å². The van der Waals surface area contributed by atoms with Crippen LogP contribution in [0.5, 0.6) is 5.75 Å². The Kier molecular flexibility index (Phi) is 6.87. The Bertz CT molecular complexity index is 1320. The molecule has 1 amide bonds. The fourth-order valence-electron chi connectivity index (χ4n) is 3.64. The van der Waals surface area contributed by atoms with Crippen LogP contribution in [0.25, 0.3) is 11.0 Å². The summed E-state index contributed by atoms with van der Waals surface area (Å²) < 4.78 is 11.1. The van der Waals surface area contributed by atoms with Gasteiger partial charge in [0.2, 0.25) is 0 Å². The van der Waals surface area contributed by atoms with Crippen LogP contribution in [0.2, 0.25) is 0 Å². The van der Waals surface area contributed by atoms with E-state index in [2.05, 4.69) is 5.32 Å². The molecule has 6 nitrogen and oxygen atoms in total. The molecule has 0 unspecified atom stereocenters. The van der Waals surface area contributed by atoms with E-state index < -0.39 is 23.4 Å². The number of ether oxygens (including phenoxy) is 1. The van der Waals surface area contributed by atoms with Gasteiger partial charge < -0.3 is 14.5 Å². The zero-order valence-corrected chi connectivity index (χ0v) is 19.0. The standard InChI is InChI=1S/C28H25NO5/c1-18(2)17-29-26(30)23-15-21-13-14-22(16-24(21)34-27(23)31)33-28(32)25(19-9-5-3-6-10-19)20-11-7-4-8-12-20/h3-16,18,25H,17H2,1-2H3,(H,29,30). The number of hydrogen-bond donors (Lipinski definition) is 1. The van der Waals surface area contributed by atoms with E-state index in [1.165, 1.54) is 12.1 Å². The third-order valence-electron chi connectivity index (χ3n) is 5.34. The maximum atomic E-state index is 13.2. The van der Waals surface area contributed by atoms with E-state index in [1.807, 2.05) is 74.5 Å². The first-order valence-corrected chi connectivity index (χ1v) is 11.1. The molecule has 172 valence electrons. The van der Waals surface area contributed by atoms with Gasteiger partial charge in [0.1, 0.15) is 22.8 Å². The maximum absolute atomic E-state index is 13.2. The first-order valence-electron chi connectivity index (χ1n) is 11.1. The van der Waals surface area contributed by atoms with E-state index in [0.29, 0.717) is 11.9 Å². The molecule has 1 N–H and O–H groups in total. The SMILES string of the molecule is CC(C)CNC(=O)c1cc2ccc(OC(=O)C(c3ccccc3)c3ccccc3)cc2oc1=O. The van der Waals surface area contributed by atoms with Gasteiger partial charge in [-0.1, -0.05) is 74.5 Å². The normalized spacial score (nSPS) is 11.1. The van der Waals surface area contributed by atoms with Gasteiger partial charge in [-0.2, -0.15) is 0 Å². The average molecular weight is 456 g/mol. The summed E-state index contributed by atoms with van der Waals surface area (Å²) in [7, 11) is 0. The van der Waals surface area contributed by atoms with Crippen LogP contribution in [0.1, 0.15) is 41.3 Å². The van der Waals surface area contributed by atoms with Crippen molar-refractivity contribution in [3.8, 4) is 5.75 Å². The molecule has 0 aliphatic heterocycles. The molecule has 0 spiro atoms. The first kappa shape index (κ1) is 23.0. The summed E-state index contributed by atoms with van der Waals surface area (Å²) in [6.07, 6.45) is 0. The Morgan fingerprint density at radius 1 is 0.882 bits per heavy atom. The Morgan fingerprint density at radius 3 is 2.09 bits per heavy atom. The van der Waals surface area contributed by atoms with E-state index >= 15 is 0 Å². The average Bonchev–Trinajstić information content (AvgIpc) is 2.83. The maximum Gasteiger partial charge on any atom is 0.349 e. The fourth-order valence-corrected chi connectivity index (χ4v) is 3.64. The zero-order chi connectivity index (χ0) is 24.1. The number of esters is 1. The summed E-state index contributed by atoms with van der Waals surface area (Å²) in [6, 6.07) is 25.0. The number of fused-ring (bicyclic) bond motifs is 1. The van der Waals surface area contributed by atoms with Gasteiger partial charge in [0, 0.05) is 18.0 Å². The van der Waals surface area contributed by atoms with Crippen molar-refractivity contribution in [1.29, 1.82) is 0 Å². The second-order valence-corrected chi connectivity index (χ2v) is 8.43. The molecular weight excluding hydrogens is 430 g/mol. The lowest BCUT2D eigenvalue weighted by molar-refractivity contribution is -0.135. The summed E-state index contributed by atoms with van der Waals surface area (Å²) in [5, 5.41) is 3.27. The zero-order valence-electron chi connectivity index (χ0n) is 19.0. The number of benzene rings is 3. The van der Waals surface area contributed by atoms with Crippen molar-refractivity contribution in [3.05, 3.63) is 112 Å². The van der Waals surface area contributed by atoms with Gasteiger partial charge in [0.05, 0.1) is 0 Å². The Hall–Kier alpha value is -4.19. The highest BCUT2D eigenvalue weighted by atomic mass is 16.5. The molecule has 4 rings (SSSR count).